The SMILES string of the molecule is COCC(=O)N1CCN2C(=O)c3cc(Br)ccc3NC(=O)C2C1. The molecule has 2 aliphatic heterocycles. The van der Waals surface area contributed by atoms with Crippen LogP contribution in [-0.2, 0) is 14.3 Å². The van der Waals surface area contributed by atoms with Crippen molar-refractivity contribution in [2.24, 2.45) is 0 Å². The summed E-state index contributed by atoms with van der Waals surface area (Å²) in [4.78, 5) is 40.3. The van der Waals surface area contributed by atoms with Gasteiger partial charge in [-0.15, -0.1) is 0 Å². The third-order valence-electron chi connectivity index (χ3n) is 4.03. The van der Waals surface area contributed by atoms with Crippen LogP contribution in [0.2, 0.25) is 0 Å². The summed E-state index contributed by atoms with van der Waals surface area (Å²) in [5.41, 5.74) is 0.944. The van der Waals surface area contributed by atoms with Gasteiger partial charge in [0.05, 0.1) is 17.8 Å². The van der Waals surface area contributed by atoms with Gasteiger partial charge in [0.2, 0.25) is 11.8 Å². The van der Waals surface area contributed by atoms with Crippen LogP contribution in [0.1, 0.15) is 10.4 Å². The Hall–Kier alpha value is -1.93. The van der Waals surface area contributed by atoms with E-state index in [9.17, 15) is 14.4 Å². The van der Waals surface area contributed by atoms with Gasteiger partial charge in [-0.05, 0) is 18.2 Å². The lowest BCUT2D eigenvalue weighted by Crippen LogP contribution is -2.59. The largest absolute Gasteiger partial charge is 0.375 e. The first-order valence-electron chi connectivity index (χ1n) is 7.19. The zero-order valence-corrected chi connectivity index (χ0v) is 14.1. The number of anilines is 1. The van der Waals surface area contributed by atoms with Gasteiger partial charge in [0, 0.05) is 24.7 Å². The summed E-state index contributed by atoms with van der Waals surface area (Å²) in [6.45, 7) is 0.851. The lowest BCUT2D eigenvalue weighted by Gasteiger charge is -2.39. The average molecular weight is 382 g/mol. The Labute approximate surface area is 141 Å². The van der Waals surface area contributed by atoms with Gasteiger partial charge >= 0.3 is 0 Å². The predicted octanol–water partition coefficient (Wildman–Crippen LogP) is 0.701. The molecular weight excluding hydrogens is 366 g/mol. The number of carbonyl (C=O) groups excluding carboxylic acids is 3. The van der Waals surface area contributed by atoms with Crippen molar-refractivity contribution in [2.75, 3.05) is 38.7 Å². The van der Waals surface area contributed by atoms with E-state index in [2.05, 4.69) is 21.2 Å². The number of carbonyl (C=O) groups is 3. The van der Waals surface area contributed by atoms with E-state index in [0.717, 1.165) is 4.47 Å². The number of halogens is 1. The maximum absolute atomic E-state index is 12.8. The van der Waals surface area contributed by atoms with Crippen molar-refractivity contribution in [2.45, 2.75) is 6.04 Å². The zero-order valence-electron chi connectivity index (χ0n) is 12.5. The molecule has 0 aromatic heterocycles. The van der Waals surface area contributed by atoms with Gasteiger partial charge in [0.25, 0.3) is 5.91 Å². The maximum Gasteiger partial charge on any atom is 0.256 e. The number of methoxy groups -OCH3 is 1. The summed E-state index contributed by atoms with van der Waals surface area (Å²) >= 11 is 3.34. The van der Waals surface area contributed by atoms with Crippen molar-refractivity contribution in [1.29, 1.82) is 0 Å². The molecule has 1 fully saturated rings. The molecule has 2 heterocycles. The third-order valence-corrected chi connectivity index (χ3v) is 4.53. The molecule has 2 aliphatic rings. The standard InChI is InChI=1S/C15H16BrN3O4/c1-23-8-13(20)18-4-5-19-12(7-18)14(21)17-11-3-2-9(16)6-10(11)15(19)22/h2-3,6,12H,4-5,7-8H2,1H3,(H,17,21). The van der Waals surface area contributed by atoms with Crippen LogP contribution >= 0.6 is 15.9 Å². The minimum absolute atomic E-state index is 0.0323. The molecule has 1 unspecified atom stereocenters. The van der Waals surface area contributed by atoms with Gasteiger partial charge in [0.15, 0.2) is 0 Å². The van der Waals surface area contributed by atoms with Gasteiger partial charge in [-0.1, -0.05) is 15.9 Å². The van der Waals surface area contributed by atoms with Gasteiger partial charge in [-0.3, -0.25) is 14.4 Å². The normalized spacial score (nSPS) is 20.5. The monoisotopic (exact) mass is 381 g/mol. The number of ether oxygens (including phenoxy) is 1. The van der Waals surface area contributed by atoms with Gasteiger partial charge in [0.1, 0.15) is 12.6 Å². The van der Waals surface area contributed by atoms with Crippen molar-refractivity contribution in [3.05, 3.63) is 28.2 Å². The molecule has 1 aromatic carbocycles. The van der Waals surface area contributed by atoms with E-state index in [1.807, 2.05) is 0 Å². The number of rotatable bonds is 2. The van der Waals surface area contributed by atoms with Gasteiger partial charge in [-0.25, -0.2) is 0 Å². The molecule has 7 nitrogen and oxygen atoms in total. The number of nitrogens with one attached hydrogen (secondary N) is 1. The minimum Gasteiger partial charge on any atom is -0.375 e. The lowest BCUT2D eigenvalue weighted by molar-refractivity contribution is -0.139. The summed E-state index contributed by atoms with van der Waals surface area (Å²) in [6.07, 6.45) is 0. The van der Waals surface area contributed by atoms with Crippen molar-refractivity contribution >= 4 is 39.3 Å². The lowest BCUT2D eigenvalue weighted by atomic mass is 10.1. The van der Waals surface area contributed by atoms with E-state index >= 15 is 0 Å². The first-order valence-corrected chi connectivity index (χ1v) is 7.98. The molecule has 1 aromatic rings. The van der Waals surface area contributed by atoms with Crippen molar-refractivity contribution in [3.63, 3.8) is 0 Å². The Morgan fingerprint density at radius 3 is 2.91 bits per heavy atom. The molecule has 1 saturated heterocycles. The molecule has 1 N–H and O–H groups in total. The number of hydrogen-bond donors (Lipinski definition) is 1. The summed E-state index contributed by atoms with van der Waals surface area (Å²) < 4.78 is 5.62. The van der Waals surface area contributed by atoms with E-state index in [1.54, 1.807) is 23.1 Å². The first kappa shape index (κ1) is 15.9. The Morgan fingerprint density at radius 1 is 1.39 bits per heavy atom. The van der Waals surface area contributed by atoms with E-state index < -0.39 is 6.04 Å². The summed E-state index contributed by atoms with van der Waals surface area (Å²) in [6, 6.07) is 4.47. The zero-order chi connectivity index (χ0) is 16.6. The van der Waals surface area contributed by atoms with Crippen LogP contribution in [0.4, 0.5) is 5.69 Å². The van der Waals surface area contributed by atoms with E-state index in [0.29, 0.717) is 24.3 Å². The second kappa shape index (κ2) is 6.29. The van der Waals surface area contributed by atoms with Crippen LogP contribution < -0.4 is 5.32 Å². The molecular formula is C15H16BrN3O4. The molecule has 23 heavy (non-hydrogen) atoms. The summed E-state index contributed by atoms with van der Waals surface area (Å²) in [7, 11) is 1.45. The molecule has 0 spiro atoms. The molecule has 8 heteroatoms. The number of piperazine rings is 1. The van der Waals surface area contributed by atoms with E-state index in [1.165, 1.54) is 12.0 Å². The van der Waals surface area contributed by atoms with Crippen LogP contribution in [0.5, 0.6) is 0 Å². The van der Waals surface area contributed by atoms with E-state index in [4.69, 9.17) is 4.74 Å². The quantitative estimate of drug-likeness (QED) is 0.817. The van der Waals surface area contributed by atoms with Gasteiger partial charge < -0.3 is 19.9 Å². The van der Waals surface area contributed by atoms with Crippen LogP contribution in [0.15, 0.2) is 22.7 Å². The fourth-order valence-electron chi connectivity index (χ4n) is 2.86. The van der Waals surface area contributed by atoms with Gasteiger partial charge in [-0.2, -0.15) is 0 Å². The molecule has 0 aliphatic carbocycles. The third kappa shape index (κ3) is 2.96. The number of hydrogen-bond acceptors (Lipinski definition) is 4. The Kier molecular flexibility index (Phi) is 4.36. The molecule has 3 amide bonds. The summed E-state index contributed by atoms with van der Waals surface area (Å²) in [5.74, 6) is -0.672. The highest BCUT2D eigenvalue weighted by Gasteiger charge is 2.40. The average Bonchev–Trinajstić information content (AvgIpc) is 2.64. The van der Waals surface area contributed by atoms with Crippen LogP contribution in [0.3, 0.4) is 0 Å². The van der Waals surface area contributed by atoms with Crippen molar-refractivity contribution in [1.82, 2.24) is 9.80 Å². The highest BCUT2D eigenvalue weighted by atomic mass is 79.9. The molecule has 0 radical (unpaired) electrons. The Bertz CT molecular complexity index is 679. The number of fused-ring (bicyclic) bond motifs is 2. The number of nitrogens with zero attached hydrogens (tertiary/aromatic N) is 2. The Balaban J connectivity index is 1.89. The fourth-order valence-corrected chi connectivity index (χ4v) is 3.23. The number of benzene rings is 1. The number of amides is 3. The molecule has 0 saturated carbocycles. The minimum atomic E-state index is -0.691. The maximum atomic E-state index is 12.8. The van der Waals surface area contributed by atoms with E-state index in [-0.39, 0.29) is 30.9 Å². The van der Waals surface area contributed by atoms with Crippen molar-refractivity contribution in [3.8, 4) is 0 Å². The highest BCUT2D eigenvalue weighted by molar-refractivity contribution is 9.10. The van der Waals surface area contributed by atoms with Crippen molar-refractivity contribution < 1.29 is 19.1 Å². The van der Waals surface area contributed by atoms with Crippen LogP contribution in [0, 0.1) is 0 Å². The Morgan fingerprint density at radius 2 is 2.17 bits per heavy atom. The first-order chi connectivity index (χ1) is 11.0. The summed E-state index contributed by atoms with van der Waals surface area (Å²) in [5, 5.41) is 2.78. The highest BCUT2D eigenvalue weighted by Crippen LogP contribution is 2.28. The molecule has 3 rings (SSSR count). The predicted molar refractivity (Wildman–Crippen MR) is 86.1 cm³/mol. The second-order valence-electron chi connectivity index (χ2n) is 5.47. The molecule has 122 valence electrons. The fraction of sp³-hybridized carbons (Fsp3) is 0.400. The molecule has 1 atom stereocenters. The smallest absolute Gasteiger partial charge is 0.256 e. The molecule has 0 bridgehead atoms. The topological polar surface area (TPSA) is 79.0 Å². The van der Waals surface area contributed by atoms with Crippen LogP contribution in [0.25, 0.3) is 0 Å². The second-order valence-corrected chi connectivity index (χ2v) is 6.38. The van der Waals surface area contributed by atoms with Crippen LogP contribution in [-0.4, -0.2) is 66.9 Å².